The maximum Gasteiger partial charge on any atom is 0.421 e. The molecule has 2 heterocycles. The number of amides is 3. The molecule has 2 aromatic heterocycles. The first-order valence-corrected chi connectivity index (χ1v) is 10.7. The Morgan fingerprint density at radius 1 is 1.15 bits per heavy atom. The van der Waals surface area contributed by atoms with E-state index in [0.29, 0.717) is 29.8 Å². The van der Waals surface area contributed by atoms with E-state index >= 15 is 0 Å². The minimum atomic E-state index is -0.567. The fraction of sp³-hybridized carbons (Fsp3) is 0.160. The number of nitriles is 1. The van der Waals surface area contributed by atoms with Gasteiger partial charge in [-0.3, -0.25) is 4.79 Å². The molecule has 3 amide bonds. The number of carbonyl (C=O) groups excluding carboxylic acids is 2. The maximum absolute atomic E-state index is 12.6. The SMILES string of the molecule is C[N+](C)(C(N)=O)c1nccc(-c2ccc(C(=O)NCCc3ccc4[nH]cc(C#N)c4c3)cc2)n1. The van der Waals surface area contributed by atoms with Gasteiger partial charge in [0.1, 0.15) is 6.07 Å². The number of aromatic amines is 1. The molecular weight excluding hydrogens is 430 g/mol. The highest BCUT2D eigenvalue weighted by Crippen LogP contribution is 2.22. The number of rotatable bonds is 6. The number of fused-ring (bicyclic) bond motifs is 1. The van der Waals surface area contributed by atoms with Gasteiger partial charge in [0.05, 0.1) is 25.4 Å². The summed E-state index contributed by atoms with van der Waals surface area (Å²) >= 11 is 0. The van der Waals surface area contributed by atoms with Crippen LogP contribution in [0.15, 0.2) is 60.9 Å². The number of nitrogens with one attached hydrogen (secondary N) is 2. The molecule has 0 aliphatic heterocycles. The molecule has 0 saturated heterocycles. The van der Waals surface area contributed by atoms with Gasteiger partial charge in [0.25, 0.3) is 5.91 Å². The third kappa shape index (κ3) is 4.48. The zero-order valence-electron chi connectivity index (χ0n) is 18.9. The molecule has 0 unspecified atom stereocenters. The van der Waals surface area contributed by atoms with E-state index in [-0.39, 0.29) is 16.3 Å². The molecule has 4 N–H and O–H groups in total. The molecule has 4 aromatic rings. The second-order valence-electron chi connectivity index (χ2n) is 8.31. The normalized spacial score (nSPS) is 11.2. The van der Waals surface area contributed by atoms with E-state index in [0.717, 1.165) is 22.0 Å². The third-order valence-electron chi connectivity index (χ3n) is 5.70. The number of aromatic nitrogens is 3. The van der Waals surface area contributed by atoms with Gasteiger partial charge in [-0.1, -0.05) is 18.2 Å². The molecule has 9 heteroatoms. The van der Waals surface area contributed by atoms with Crippen molar-refractivity contribution in [3.63, 3.8) is 0 Å². The van der Waals surface area contributed by atoms with E-state index in [1.807, 2.05) is 18.2 Å². The smallest absolute Gasteiger partial charge is 0.360 e. The first kappa shape index (κ1) is 22.6. The highest BCUT2D eigenvalue weighted by Gasteiger charge is 2.30. The second kappa shape index (κ2) is 9.13. The number of H-pyrrole nitrogens is 1. The Bertz CT molecular complexity index is 1420. The summed E-state index contributed by atoms with van der Waals surface area (Å²) in [6.07, 6.45) is 3.92. The van der Waals surface area contributed by atoms with Gasteiger partial charge in [-0.05, 0) is 42.3 Å². The minimum absolute atomic E-state index is 0.179. The van der Waals surface area contributed by atoms with Crippen LogP contribution in [0.5, 0.6) is 0 Å². The molecule has 34 heavy (non-hydrogen) atoms. The van der Waals surface area contributed by atoms with Gasteiger partial charge in [0, 0.05) is 41.0 Å². The Morgan fingerprint density at radius 3 is 2.62 bits per heavy atom. The Hall–Kier alpha value is -4.55. The lowest BCUT2D eigenvalue weighted by Gasteiger charge is -2.20. The van der Waals surface area contributed by atoms with Gasteiger partial charge in [0.2, 0.25) is 0 Å². The maximum atomic E-state index is 12.6. The number of nitrogens with zero attached hydrogens (tertiary/aromatic N) is 4. The lowest BCUT2D eigenvalue weighted by Crippen LogP contribution is -2.51. The van der Waals surface area contributed by atoms with Crippen molar-refractivity contribution in [1.82, 2.24) is 24.8 Å². The van der Waals surface area contributed by atoms with Crippen LogP contribution >= 0.6 is 0 Å². The molecule has 0 aliphatic carbocycles. The summed E-state index contributed by atoms with van der Waals surface area (Å²) in [5, 5.41) is 13.0. The molecule has 0 atom stereocenters. The van der Waals surface area contributed by atoms with Crippen LogP contribution in [0.1, 0.15) is 21.5 Å². The van der Waals surface area contributed by atoms with Crippen LogP contribution < -0.4 is 15.5 Å². The zero-order chi connectivity index (χ0) is 24.3. The second-order valence-corrected chi connectivity index (χ2v) is 8.31. The topological polar surface area (TPSA) is 138 Å². The highest BCUT2D eigenvalue weighted by atomic mass is 16.2. The number of carbonyl (C=O) groups is 2. The monoisotopic (exact) mass is 454 g/mol. The van der Waals surface area contributed by atoms with Crippen molar-refractivity contribution in [3.05, 3.63) is 77.6 Å². The van der Waals surface area contributed by atoms with Gasteiger partial charge >= 0.3 is 12.0 Å². The van der Waals surface area contributed by atoms with E-state index in [2.05, 4.69) is 26.3 Å². The van der Waals surface area contributed by atoms with Gasteiger partial charge in [-0.2, -0.15) is 19.7 Å². The van der Waals surface area contributed by atoms with E-state index < -0.39 is 6.03 Å². The summed E-state index contributed by atoms with van der Waals surface area (Å²) < 4.78 is -0.275. The minimum Gasteiger partial charge on any atom is -0.360 e. The fourth-order valence-corrected chi connectivity index (χ4v) is 3.51. The summed E-state index contributed by atoms with van der Waals surface area (Å²) in [5.41, 5.74) is 9.95. The Balaban J connectivity index is 1.40. The summed E-state index contributed by atoms with van der Waals surface area (Å²) in [6.45, 7) is 0.466. The molecule has 0 bridgehead atoms. The van der Waals surface area contributed by atoms with Crippen molar-refractivity contribution in [2.24, 2.45) is 5.73 Å². The van der Waals surface area contributed by atoms with Crippen molar-refractivity contribution in [2.75, 3.05) is 20.6 Å². The van der Waals surface area contributed by atoms with Crippen LogP contribution in [0.2, 0.25) is 0 Å². The lowest BCUT2D eigenvalue weighted by atomic mass is 10.1. The molecule has 0 spiro atoms. The van der Waals surface area contributed by atoms with Gasteiger partial charge < -0.3 is 16.0 Å². The number of quaternary nitrogens is 1. The molecular formula is C25H24N7O2+. The van der Waals surface area contributed by atoms with Crippen LogP contribution in [-0.2, 0) is 6.42 Å². The Morgan fingerprint density at radius 2 is 1.91 bits per heavy atom. The predicted molar refractivity (Wildman–Crippen MR) is 130 cm³/mol. The molecule has 4 rings (SSSR count). The van der Waals surface area contributed by atoms with Crippen LogP contribution in [-0.4, -0.2) is 47.5 Å². The van der Waals surface area contributed by atoms with Crippen LogP contribution in [0.3, 0.4) is 0 Å². The Kier molecular flexibility index (Phi) is 6.08. The lowest BCUT2D eigenvalue weighted by molar-refractivity contribution is 0.0954. The summed E-state index contributed by atoms with van der Waals surface area (Å²) in [4.78, 5) is 36.0. The van der Waals surface area contributed by atoms with Crippen molar-refractivity contribution >= 4 is 28.8 Å². The molecule has 0 saturated carbocycles. The standard InChI is InChI=1S/C25H23N7O2/c1-32(2,24(27)34)25-29-12-10-21(31-25)17-4-6-18(7-5-17)23(33)28-11-9-16-3-8-22-20(13-16)19(14-26)15-30-22/h3-8,10,12-13,15,30H,9,11H2,1-2H3,(H2-,27,28,33,34)/p+1. The first-order chi connectivity index (χ1) is 16.3. The molecule has 0 fully saturated rings. The van der Waals surface area contributed by atoms with Crippen molar-refractivity contribution in [3.8, 4) is 17.3 Å². The average Bonchev–Trinajstić information content (AvgIpc) is 3.26. The number of hydrogen-bond donors (Lipinski definition) is 3. The first-order valence-electron chi connectivity index (χ1n) is 10.7. The molecule has 9 nitrogen and oxygen atoms in total. The number of primary amides is 1. The van der Waals surface area contributed by atoms with Crippen LogP contribution in [0.4, 0.5) is 10.7 Å². The van der Waals surface area contributed by atoms with Crippen molar-refractivity contribution < 1.29 is 9.59 Å². The summed E-state index contributed by atoms with van der Waals surface area (Å²) in [6, 6.07) is 16.3. The Labute approximate surface area is 196 Å². The van der Waals surface area contributed by atoms with Crippen molar-refractivity contribution in [2.45, 2.75) is 6.42 Å². The zero-order valence-corrected chi connectivity index (χ0v) is 18.9. The quantitative estimate of drug-likeness (QED) is 0.384. The van der Waals surface area contributed by atoms with Gasteiger partial charge in [0.15, 0.2) is 0 Å². The highest BCUT2D eigenvalue weighted by molar-refractivity contribution is 5.94. The van der Waals surface area contributed by atoms with E-state index in [9.17, 15) is 14.9 Å². The molecule has 170 valence electrons. The molecule has 2 aromatic carbocycles. The van der Waals surface area contributed by atoms with E-state index in [4.69, 9.17) is 5.73 Å². The number of hydrogen-bond acceptors (Lipinski definition) is 5. The predicted octanol–water partition coefficient (Wildman–Crippen LogP) is 3.11. The average molecular weight is 455 g/mol. The van der Waals surface area contributed by atoms with Crippen molar-refractivity contribution in [1.29, 1.82) is 5.26 Å². The largest absolute Gasteiger partial charge is 0.421 e. The summed E-state index contributed by atoms with van der Waals surface area (Å²) in [7, 11) is 3.24. The molecule has 0 radical (unpaired) electrons. The molecule has 0 aliphatic rings. The van der Waals surface area contributed by atoms with E-state index in [1.165, 1.54) is 0 Å². The van der Waals surface area contributed by atoms with Crippen LogP contribution in [0.25, 0.3) is 22.2 Å². The van der Waals surface area contributed by atoms with E-state index in [1.54, 1.807) is 56.8 Å². The fourth-order valence-electron chi connectivity index (χ4n) is 3.51. The number of nitrogens with two attached hydrogens (primary N) is 1. The van der Waals surface area contributed by atoms with Gasteiger partial charge in [-0.25, -0.2) is 4.79 Å². The summed E-state index contributed by atoms with van der Waals surface area (Å²) in [5.74, 6) is 0.105. The van der Waals surface area contributed by atoms with Crippen LogP contribution in [0, 0.1) is 11.3 Å². The van der Waals surface area contributed by atoms with Gasteiger partial charge in [-0.15, -0.1) is 0 Å². The number of urea groups is 1. The number of benzene rings is 2. The third-order valence-corrected chi connectivity index (χ3v) is 5.70.